The molecule has 0 radical (unpaired) electrons. The van der Waals surface area contributed by atoms with Crippen molar-refractivity contribution in [1.29, 1.82) is 0 Å². The first kappa shape index (κ1) is 12.7. The molecule has 0 aliphatic rings. The number of aromatic hydroxyl groups is 1. The Bertz CT molecular complexity index is 559. The first-order valence-corrected chi connectivity index (χ1v) is 6.17. The molecule has 2 rings (SSSR count). The Morgan fingerprint density at radius 1 is 1.06 bits per heavy atom. The van der Waals surface area contributed by atoms with Crippen molar-refractivity contribution < 1.29 is 5.11 Å². The number of rotatable bonds is 1. The van der Waals surface area contributed by atoms with Gasteiger partial charge in [-0.2, -0.15) is 5.10 Å². The maximum atomic E-state index is 10.4. The van der Waals surface area contributed by atoms with E-state index in [1.807, 2.05) is 38.1 Å². The van der Waals surface area contributed by atoms with Gasteiger partial charge in [0, 0.05) is 5.56 Å². The summed E-state index contributed by atoms with van der Waals surface area (Å²) in [6.07, 6.45) is 0. The van der Waals surface area contributed by atoms with Gasteiger partial charge in [-0.05, 0) is 31.4 Å². The van der Waals surface area contributed by atoms with Gasteiger partial charge in [0.25, 0.3) is 0 Å². The lowest BCUT2D eigenvalue weighted by molar-refractivity contribution is 0.413. The van der Waals surface area contributed by atoms with E-state index in [9.17, 15) is 5.11 Å². The molecule has 3 heteroatoms. The maximum Gasteiger partial charge on any atom is 0.218 e. The first-order valence-electron chi connectivity index (χ1n) is 6.17. The molecule has 0 aliphatic heterocycles. The van der Waals surface area contributed by atoms with E-state index in [0.717, 1.165) is 16.9 Å². The average Bonchev–Trinajstić information content (AvgIpc) is 2.54. The summed E-state index contributed by atoms with van der Waals surface area (Å²) in [6.45, 7) is 10.2. The molecule has 1 heterocycles. The lowest BCUT2D eigenvalue weighted by Gasteiger charge is -2.18. The monoisotopic (exact) mass is 244 g/mol. The van der Waals surface area contributed by atoms with Crippen LogP contribution in [0.1, 0.15) is 37.6 Å². The van der Waals surface area contributed by atoms with Crippen molar-refractivity contribution in [3.8, 4) is 11.6 Å². The van der Waals surface area contributed by atoms with Gasteiger partial charge in [0.05, 0.1) is 11.4 Å². The minimum absolute atomic E-state index is 0.114. The molecule has 18 heavy (non-hydrogen) atoms. The van der Waals surface area contributed by atoms with E-state index >= 15 is 0 Å². The van der Waals surface area contributed by atoms with E-state index in [0.29, 0.717) is 0 Å². The molecule has 0 bridgehead atoms. The Balaban J connectivity index is 2.57. The molecule has 1 aromatic carbocycles. The molecule has 0 atom stereocenters. The largest absolute Gasteiger partial charge is 0.493 e. The van der Waals surface area contributed by atoms with Crippen LogP contribution in [0.2, 0.25) is 0 Å². The minimum Gasteiger partial charge on any atom is -0.493 e. The van der Waals surface area contributed by atoms with Crippen LogP contribution >= 0.6 is 0 Å². The number of aromatic nitrogens is 2. The fraction of sp³-hybridized carbons (Fsp3) is 0.400. The predicted octanol–water partition coefficient (Wildman–Crippen LogP) is 3.49. The molecular weight excluding hydrogens is 224 g/mol. The number of aryl methyl sites for hydroxylation is 2. The van der Waals surface area contributed by atoms with Crippen LogP contribution in [0, 0.1) is 13.8 Å². The number of benzene rings is 1. The zero-order valence-corrected chi connectivity index (χ0v) is 11.7. The van der Waals surface area contributed by atoms with Crippen molar-refractivity contribution in [2.75, 3.05) is 0 Å². The molecule has 3 nitrogen and oxygen atoms in total. The van der Waals surface area contributed by atoms with Crippen molar-refractivity contribution in [3.63, 3.8) is 0 Å². The van der Waals surface area contributed by atoms with Gasteiger partial charge in [-0.15, -0.1) is 0 Å². The quantitative estimate of drug-likeness (QED) is 0.833. The molecule has 0 amide bonds. The van der Waals surface area contributed by atoms with Gasteiger partial charge in [-0.25, -0.2) is 4.68 Å². The molecule has 0 spiro atoms. The Kier molecular flexibility index (Phi) is 2.93. The Morgan fingerprint density at radius 3 is 2.06 bits per heavy atom. The van der Waals surface area contributed by atoms with Gasteiger partial charge in [0.1, 0.15) is 0 Å². The van der Waals surface area contributed by atoms with Crippen LogP contribution in [0.3, 0.4) is 0 Å². The molecule has 1 N–H and O–H groups in total. The summed E-state index contributed by atoms with van der Waals surface area (Å²) in [5.74, 6) is 0.240. The number of hydrogen-bond acceptors (Lipinski definition) is 2. The van der Waals surface area contributed by atoms with Crippen LogP contribution in [0.25, 0.3) is 5.69 Å². The Labute approximate surface area is 108 Å². The molecule has 96 valence electrons. The molecular formula is C15H20N2O. The van der Waals surface area contributed by atoms with Crippen LogP contribution in [-0.4, -0.2) is 14.9 Å². The second kappa shape index (κ2) is 4.16. The van der Waals surface area contributed by atoms with Crippen LogP contribution < -0.4 is 0 Å². The second-order valence-corrected chi connectivity index (χ2v) is 5.78. The lowest BCUT2D eigenvalue weighted by Crippen LogP contribution is -2.11. The number of nitrogens with zero attached hydrogens (tertiary/aromatic N) is 2. The van der Waals surface area contributed by atoms with Crippen molar-refractivity contribution in [2.45, 2.75) is 40.0 Å². The van der Waals surface area contributed by atoms with Gasteiger partial charge in [0.15, 0.2) is 0 Å². The van der Waals surface area contributed by atoms with Crippen LogP contribution in [0.4, 0.5) is 0 Å². The minimum atomic E-state index is -0.114. The summed E-state index contributed by atoms with van der Waals surface area (Å²) in [7, 11) is 0. The molecule has 2 aromatic rings. The summed E-state index contributed by atoms with van der Waals surface area (Å²) in [5.41, 5.74) is 3.75. The van der Waals surface area contributed by atoms with Crippen molar-refractivity contribution in [2.24, 2.45) is 0 Å². The highest BCUT2D eigenvalue weighted by Gasteiger charge is 2.26. The van der Waals surface area contributed by atoms with Crippen molar-refractivity contribution in [1.82, 2.24) is 9.78 Å². The molecule has 0 aliphatic carbocycles. The third-order valence-electron chi connectivity index (χ3n) is 3.06. The smallest absolute Gasteiger partial charge is 0.218 e. The normalized spacial score (nSPS) is 11.8. The zero-order chi connectivity index (χ0) is 13.5. The first-order chi connectivity index (χ1) is 8.30. The summed E-state index contributed by atoms with van der Waals surface area (Å²) >= 11 is 0. The van der Waals surface area contributed by atoms with Gasteiger partial charge in [0.2, 0.25) is 5.88 Å². The predicted molar refractivity (Wildman–Crippen MR) is 73.4 cm³/mol. The molecule has 0 saturated carbocycles. The summed E-state index contributed by atoms with van der Waals surface area (Å²) in [4.78, 5) is 0. The SMILES string of the molecule is Cc1ccc(-n2nc(C)c(C(C)(C)C)c2O)cc1. The van der Waals surface area contributed by atoms with Gasteiger partial charge >= 0.3 is 0 Å². The molecule has 0 fully saturated rings. The van der Waals surface area contributed by atoms with E-state index < -0.39 is 0 Å². The molecule has 0 unspecified atom stereocenters. The number of hydrogen-bond donors (Lipinski definition) is 1. The van der Waals surface area contributed by atoms with E-state index in [1.54, 1.807) is 4.68 Å². The zero-order valence-electron chi connectivity index (χ0n) is 11.7. The van der Waals surface area contributed by atoms with E-state index in [-0.39, 0.29) is 11.3 Å². The Hall–Kier alpha value is -1.77. The highest BCUT2D eigenvalue weighted by molar-refractivity contribution is 5.44. The topological polar surface area (TPSA) is 38.0 Å². The average molecular weight is 244 g/mol. The summed E-state index contributed by atoms with van der Waals surface area (Å²) < 4.78 is 1.61. The standard InChI is InChI=1S/C15H20N2O/c1-10-6-8-12(9-7-10)17-14(18)13(11(2)16-17)15(3,4)5/h6-9,18H,1-5H3. The van der Waals surface area contributed by atoms with E-state index in [4.69, 9.17) is 0 Å². The fourth-order valence-corrected chi connectivity index (χ4v) is 2.26. The third kappa shape index (κ3) is 2.13. The van der Waals surface area contributed by atoms with E-state index in [1.165, 1.54) is 5.56 Å². The highest BCUT2D eigenvalue weighted by Crippen LogP contribution is 2.34. The van der Waals surface area contributed by atoms with Crippen LogP contribution in [0.15, 0.2) is 24.3 Å². The van der Waals surface area contributed by atoms with Crippen LogP contribution in [-0.2, 0) is 5.41 Å². The Morgan fingerprint density at radius 2 is 1.61 bits per heavy atom. The highest BCUT2D eigenvalue weighted by atomic mass is 16.3. The van der Waals surface area contributed by atoms with Crippen molar-refractivity contribution in [3.05, 3.63) is 41.1 Å². The third-order valence-corrected chi connectivity index (χ3v) is 3.06. The van der Waals surface area contributed by atoms with E-state index in [2.05, 4.69) is 25.9 Å². The summed E-state index contributed by atoms with van der Waals surface area (Å²) in [5, 5.41) is 14.8. The van der Waals surface area contributed by atoms with Gasteiger partial charge in [-0.1, -0.05) is 38.5 Å². The van der Waals surface area contributed by atoms with Gasteiger partial charge in [-0.3, -0.25) is 0 Å². The summed E-state index contributed by atoms with van der Waals surface area (Å²) in [6, 6.07) is 7.97. The maximum absolute atomic E-state index is 10.4. The van der Waals surface area contributed by atoms with Crippen molar-refractivity contribution >= 4 is 0 Å². The lowest BCUT2D eigenvalue weighted by atomic mass is 9.87. The van der Waals surface area contributed by atoms with Crippen LogP contribution in [0.5, 0.6) is 5.88 Å². The molecule has 0 saturated heterocycles. The molecule has 1 aromatic heterocycles. The fourth-order valence-electron chi connectivity index (χ4n) is 2.26. The van der Waals surface area contributed by atoms with Gasteiger partial charge < -0.3 is 5.11 Å². The second-order valence-electron chi connectivity index (χ2n) is 5.78.